The molecule has 0 unspecified atom stereocenters. The minimum absolute atomic E-state index is 0.0645. The highest BCUT2D eigenvalue weighted by atomic mass is 16.2. The van der Waals surface area contributed by atoms with Crippen LogP contribution in [0.2, 0.25) is 0 Å². The maximum atomic E-state index is 12.4. The van der Waals surface area contributed by atoms with Crippen molar-refractivity contribution in [1.29, 1.82) is 0 Å². The van der Waals surface area contributed by atoms with E-state index in [2.05, 4.69) is 42.8 Å². The predicted molar refractivity (Wildman–Crippen MR) is 77.1 cm³/mol. The van der Waals surface area contributed by atoms with Crippen LogP contribution in [0.5, 0.6) is 0 Å². The summed E-state index contributed by atoms with van der Waals surface area (Å²) in [5.41, 5.74) is 0.639. The number of carbonyl (C=O) groups excluding carboxylic acids is 1. The lowest BCUT2D eigenvalue weighted by Crippen LogP contribution is -2.40. The number of likely N-dealkylation sites (N-methyl/N-ethyl adjacent to an activating group) is 1. The van der Waals surface area contributed by atoms with E-state index in [9.17, 15) is 4.79 Å². The molecule has 0 aromatic carbocycles. The van der Waals surface area contributed by atoms with Crippen LogP contribution >= 0.6 is 0 Å². The summed E-state index contributed by atoms with van der Waals surface area (Å²) in [5.74, 6) is 0.530. The first kappa shape index (κ1) is 15.7. The Kier molecular flexibility index (Phi) is 6.56. The minimum Gasteiger partial charge on any atom is -0.337 e. The third kappa shape index (κ3) is 5.03. The standard InChI is InChI=1S/C14H26N4O/c1-5-17(6-2)7-8-18(11-12(3)4)14(19)13-9-15-16-10-13/h9-10,12H,5-8,11H2,1-4H3,(H,15,16). The number of rotatable bonds is 8. The quantitative estimate of drug-likeness (QED) is 0.781. The van der Waals surface area contributed by atoms with Crippen LogP contribution < -0.4 is 0 Å². The number of hydrogen-bond donors (Lipinski definition) is 1. The highest BCUT2D eigenvalue weighted by Crippen LogP contribution is 2.06. The fourth-order valence-electron chi connectivity index (χ4n) is 2.07. The molecule has 0 aliphatic rings. The van der Waals surface area contributed by atoms with Crippen LogP contribution in [-0.4, -0.2) is 58.6 Å². The van der Waals surface area contributed by atoms with E-state index in [4.69, 9.17) is 0 Å². The van der Waals surface area contributed by atoms with Gasteiger partial charge in [-0.25, -0.2) is 0 Å². The van der Waals surface area contributed by atoms with Gasteiger partial charge in [0.15, 0.2) is 0 Å². The van der Waals surface area contributed by atoms with E-state index in [1.165, 1.54) is 0 Å². The first-order valence-corrected chi connectivity index (χ1v) is 7.08. The van der Waals surface area contributed by atoms with Gasteiger partial charge in [-0.2, -0.15) is 5.10 Å². The van der Waals surface area contributed by atoms with Crippen LogP contribution in [-0.2, 0) is 0 Å². The Hall–Kier alpha value is -1.36. The Bertz CT molecular complexity index is 358. The number of nitrogens with one attached hydrogen (secondary N) is 1. The summed E-state index contributed by atoms with van der Waals surface area (Å²) >= 11 is 0. The second kappa shape index (κ2) is 7.94. The smallest absolute Gasteiger partial charge is 0.257 e. The van der Waals surface area contributed by atoms with Gasteiger partial charge in [0, 0.05) is 25.8 Å². The lowest BCUT2D eigenvalue weighted by atomic mass is 10.2. The lowest BCUT2D eigenvalue weighted by Gasteiger charge is -2.27. The topological polar surface area (TPSA) is 52.2 Å². The molecule has 1 rings (SSSR count). The Morgan fingerprint density at radius 3 is 2.47 bits per heavy atom. The molecule has 108 valence electrons. The van der Waals surface area contributed by atoms with E-state index >= 15 is 0 Å². The van der Waals surface area contributed by atoms with E-state index in [1.807, 2.05) is 4.90 Å². The molecule has 1 aromatic rings. The van der Waals surface area contributed by atoms with E-state index in [0.29, 0.717) is 11.5 Å². The SMILES string of the molecule is CCN(CC)CCN(CC(C)C)C(=O)c1cn[nH]c1. The molecule has 1 N–H and O–H groups in total. The van der Waals surface area contributed by atoms with E-state index in [0.717, 1.165) is 32.7 Å². The molecule has 1 aromatic heterocycles. The maximum absolute atomic E-state index is 12.4. The molecule has 0 spiro atoms. The maximum Gasteiger partial charge on any atom is 0.257 e. The predicted octanol–water partition coefficient (Wildman–Crippen LogP) is 1.85. The molecular weight excluding hydrogens is 240 g/mol. The van der Waals surface area contributed by atoms with Crippen LogP contribution in [0.1, 0.15) is 38.1 Å². The summed E-state index contributed by atoms with van der Waals surface area (Å²) in [5, 5.41) is 6.55. The van der Waals surface area contributed by atoms with Crippen molar-refractivity contribution >= 4 is 5.91 Å². The molecule has 5 nitrogen and oxygen atoms in total. The lowest BCUT2D eigenvalue weighted by molar-refractivity contribution is 0.0716. The van der Waals surface area contributed by atoms with E-state index in [1.54, 1.807) is 12.4 Å². The monoisotopic (exact) mass is 266 g/mol. The van der Waals surface area contributed by atoms with Gasteiger partial charge in [-0.15, -0.1) is 0 Å². The molecular formula is C14H26N4O. The van der Waals surface area contributed by atoms with E-state index < -0.39 is 0 Å². The van der Waals surface area contributed by atoms with Crippen molar-refractivity contribution < 1.29 is 4.79 Å². The fourth-order valence-corrected chi connectivity index (χ4v) is 2.07. The Morgan fingerprint density at radius 1 is 1.32 bits per heavy atom. The molecule has 19 heavy (non-hydrogen) atoms. The number of carbonyl (C=O) groups is 1. The first-order chi connectivity index (χ1) is 9.08. The minimum atomic E-state index is 0.0645. The molecule has 0 fully saturated rings. The van der Waals surface area contributed by atoms with Crippen molar-refractivity contribution in [3.05, 3.63) is 18.0 Å². The van der Waals surface area contributed by atoms with Gasteiger partial charge in [0.2, 0.25) is 0 Å². The summed E-state index contributed by atoms with van der Waals surface area (Å²) in [6.07, 6.45) is 3.25. The Labute approximate surface area is 116 Å². The van der Waals surface area contributed by atoms with Crippen LogP contribution in [0.15, 0.2) is 12.4 Å². The molecule has 0 bridgehead atoms. The average molecular weight is 266 g/mol. The summed E-state index contributed by atoms with van der Waals surface area (Å²) in [6.45, 7) is 13.1. The summed E-state index contributed by atoms with van der Waals surface area (Å²) in [7, 11) is 0. The van der Waals surface area contributed by atoms with Gasteiger partial charge in [-0.3, -0.25) is 9.89 Å². The molecule has 0 saturated carbocycles. The third-order valence-electron chi connectivity index (χ3n) is 3.20. The zero-order valence-electron chi connectivity index (χ0n) is 12.5. The van der Waals surface area contributed by atoms with Crippen molar-refractivity contribution in [2.45, 2.75) is 27.7 Å². The van der Waals surface area contributed by atoms with Crippen molar-refractivity contribution in [2.24, 2.45) is 5.92 Å². The third-order valence-corrected chi connectivity index (χ3v) is 3.20. The molecule has 1 amide bonds. The highest BCUT2D eigenvalue weighted by Gasteiger charge is 2.18. The van der Waals surface area contributed by atoms with Gasteiger partial charge in [0.05, 0.1) is 11.8 Å². The Balaban J connectivity index is 2.64. The number of hydrogen-bond acceptors (Lipinski definition) is 3. The average Bonchev–Trinajstić information content (AvgIpc) is 2.91. The molecule has 0 aliphatic carbocycles. The molecule has 5 heteroatoms. The van der Waals surface area contributed by atoms with Crippen LogP contribution in [0, 0.1) is 5.92 Å². The number of nitrogens with zero attached hydrogens (tertiary/aromatic N) is 3. The molecule has 0 aliphatic heterocycles. The molecule has 0 radical (unpaired) electrons. The number of H-pyrrole nitrogens is 1. The van der Waals surface area contributed by atoms with Gasteiger partial charge in [0.1, 0.15) is 0 Å². The second-order valence-electron chi connectivity index (χ2n) is 5.16. The zero-order chi connectivity index (χ0) is 14.3. The van der Waals surface area contributed by atoms with Crippen molar-refractivity contribution in [2.75, 3.05) is 32.7 Å². The summed E-state index contributed by atoms with van der Waals surface area (Å²) in [4.78, 5) is 16.6. The summed E-state index contributed by atoms with van der Waals surface area (Å²) in [6, 6.07) is 0. The zero-order valence-corrected chi connectivity index (χ0v) is 12.5. The van der Waals surface area contributed by atoms with Gasteiger partial charge >= 0.3 is 0 Å². The van der Waals surface area contributed by atoms with Crippen LogP contribution in [0.25, 0.3) is 0 Å². The molecule has 0 saturated heterocycles. The molecule has 0 atom stereocenters. The second-order valence-corrected chi connectivity index (χ2v) is 5.16. The van der Waals surface area contributed by atoms with Crippen molar-refractivity contribution in [1.82, 2.24) is 20.0 Å². The van der Waals surface area contributed by atoms with Crippen molar-refractivity contribution in [3.8, 4) is 0 Å². The molecule has 1 heterocycles. The normalized spacial score (nSPS) is 11.3. The van der Waals surface area contributed by atoms with Gasteiger partial charge < -0.3 is 9.80 Å². The fraction of sp³-hybridized carbons (Fsp3) is 0.714. The Morgan fingerprint density at radius 2 is 2.00 bits per heavy atom. The van der Waals surface area contributed by atoms with Gasteiger partial charge in [-0.1, -0.05) is 27.7 Å². The number of amides is 1. The van der Waals surface area contributed by atoms with Crippen LogP contribution in [0.3, 0.4) is 0 Å². The number of aromatic nitrogens is 2. The van der Waals surface area contributed by atoms with Gasteiger partial charge in [0.25, 0.3) is 5.91 Å². The largest absolute Gasteiger partial charge is 0.337 e. The van der Waals surface area contributed by atoms with Gasteiger partial charge in [-0.05, 0) is 19.0 Å². The number of aromatic amines is 1. The first-order valence-electron chi connectivity index (χ1n) is 7.08. The highest BCUT2D eigenvalue weighted by molar-refractivity contribution is 5.93. The summed E-state index contributed by atoms with van der Waals surface area (Å²) < 4.78 is 0. The van der Waals surface area contributed by atoms with Crippen molar-refractivity contribution in [3.63, 3.8) is 0 Å². The van der Waals surface area contributed by atoms with Crippen LogP contribution in [0.4, 0.5) is 0 Å². The van der Waals surface area contributed by atoms with E-state index in [-0.39, 0.29) is 5.91 Å².